The first-order valence-corrected chi connectivity index (χ1v) is 4.73. The zero-order valence-corrected chi connectivity index (χ0v) is 9.41. The highest BCUT2D eigenvalue weighted by atomic mass is 16.5. The lowest BCUT2D eigenvalue weighted by atomic mass is 10.3. The average Bonchev–Trinajstić information content (AvgIpc) is 2.28. The summed E-state index contributed by atoms with van der Waals surface area (Å²) in [7, 11) is 1.51. The number of carboxylic acid groups (broad SMARTS) is 1. The predicted molar refractivity (Wildman–Crippen MR) is 60.5 cm³/mol. The molecule has 0 aliphatic rings. The molecule has 6 nitrogen and oxygen atoms in total. The molecule has 0 atom stereocenters. The Morgan fingerprint density at radius 2 is 2.06 bits per heavy atom. The van der Waals surface area contributed by atoms with Gasteiger partial charge in [0, 0.05) is 6.07 Å². The van der Waals surface area contributed by atoms with Gasteiger partial charge in [0.1, 0.15) is 11.5 Å². The number of aliphatic hydroxyl groups is 1. The fourth-order valence-electron chi connectivity index (χ4n) is 1.05. The Morgan fingerprint density at radius 3 is 2.59 bits per heavy atom. The van der Waals surface area contributed by atoms with Crippen LogP contribution in [0.1, 0.15) is 6.92 Å². The van der Waals surface area contributed by atoms with E-state index in [-0.39, 0.29) is 0 Å². The lowest BCUT2D eigenvalue weighted by molar-refractivity contribution is -0.132. The number of azo groups is 1. The summed E-state index contributed by atoms with van der Waals surface area (Å²) in [5.41, 5.74) is -0.0582. The van der Waals surface area contributed by atoms with Crippen LogP contribution in [-0.4, -0.2) is 23.3 Å². The topological polar surface area (TPSA) is 91.5 Å². The molecule has 0 aliphatic carbocycles. The molecule has 0 bridgehead atoms. The quantitative estimate of drug-likeness (QED) is 0.477. The van der Waals surface area contributed by atoms with Crippen molar-refractivity contribution in [1.82, 2.24) is 0 Å². The van der Waals surface area contributed by atoms with E-state index < -0.39 is 17.4 Å². The molecule has 2 N–H and O–H groups in total. The first-order chi connectivity index (χ1) is 8.04. The van der Waals surface area contributed by atoms with Gasteiger partial charge in [-0.3, -0.25) is 0 Å². The van der Waals surface area contributed by atoms with E-state index in [0.29, 0.717) is 11.4 Å². The summed E-state index contributed by atoms with van der Waals surface area (Å²) in [6.07, 6.45) is 0. The SMILES string of the molecule is COc1cccc(N=NC(C(=O)O)=C(C)O)c1. The Balaban J connectivity index is 2.97. The van der Waals surface area contributed by atoms with Crippen molar-refractivity contribution >= 4 is 11.7 Å². The van der Waals surface area contributed by atoms with E-state index in [1.807, 2.05) is 0 Å². The summed E-state index contributed by atoms with van der Waals surface area (Å²) in [4.78, 5) is 10.7. The molecule has 1 aromatic rings. The number of aliphatic hydroxyl groups excluding tert-OH is 1. The molecular formula is C11H12N2O4. The van der Waals surface area contributed by atoms with E-state index in [9.17, 15) is 4.79 Å². The summed E-state index contributed by atoms with van der Waals surface area (Å²) in [5, 5.41) is 25.0. The van der Waals surface area contributed by atoms with E-state index in [4.69, 9.17) is 14.9 Å². The Hall–Kier alpha value is -2.37. The summed E-state index contributed by atoms with van der Waals surface area (Å²) in [5.74, 6) is -1.15. The first kappa shape index (κ1) is 12.7. The van der Waals surface area contributed by atoms with Crippen molar-refractivity contribution in [3.63, 3.8) is 0 Å². The minimum absolute atomic E-state index is 0.399. The first-order valence-electron chi connectivity index (χ1n) is 4.73. The van der Waals surface area contributed by atoms with Crippen molar-refractivity contribution in [3.05, 3.63) is 35.7 Å². The fourth-order valence-corrected chi connectivity index (χ4v) is 1.05. The second-order valence-corrected chi connectivity index (χ2v) is 3.14. The normalized spacial score (nSPS) is 12.4. The zero-order chi connectivity index (χ0) is 12.8. The van der Waals surface area contributed by atoms with Gasteiger partial charge >= 0.3 is 5.97 Å². The molecule has 0 radical (unpaired) electrons. The number of rotatable bonds is 4. The maximum atomic E-state index is 10.7. The molecule has 0 saturated carbocycles. The van der Waals surface area contributed by atoms with Crippen LogP contribution in [0.4, 0.5) is 5.69 Å². The Bertz CT molecular complexity index is 476. The standard InChI is InChI=1S/C11H12N2O4/c1-7(14)10(11(15)16)13-12-8-4-3-5-9(6-8)17-2/h3-6,14H,1-2H3,(H,15,16). The molecule has 0 spiro atoms. The van der Waals surface area contributed by atoms with Gasteiger partial charge in [0.2, 0.25) is 5.70 Å². The molecule has 0 fully saturated rings. The van der Waals surface area contributed by atoms with Gasteiger partial charge in [0.25, 0.3) is 0 Å². The van der Waals surface area contributed by atoms with Gasteiger partial charge in [-0.1, -0.05) is 6.07 Å². The number of ether oxygens (including phenoxy) is 1. The summed E-state index contributed by atoms with van der Waals surface area (Å²) in [6, 6.07) is 6.65. The largest absolute Gasteiger partial charge is 0.510 e. The van der Waals surface area contributed by atoms with Gasteiger partial charge < -0.3 is 14.9 Å². The van der Waals surface area contributed by atoms with Crippen molar-refractivity contribution in [1.29, 1.82) is 0 Å². The molecule has 0 saturated heterocycles. The molecule has 0 aliphatic heterocycles. The molecule has 90 valence electrons. The average molecular weight is 236 g/mol. The fraction of sp³-hybridized carbons (Fsp3) is 0.182. The number of benzene rings is 1. The maximum absolute atomic E-state index is 10.7. The number of aliphatic carboxylic acids is 1. The summed E-state index contributed by atoms with van der Waals surface area (Å²) < 4.78 is 4.98. The highest BCUT2D eigenvalue weighted by Crippen LogP contribution is 2.20. The van der Waals surface area contributed by atoms with Crippen LogP contribution in [0, 0.1) is 0 Å². The molecule has 0 amide bonds. The third-order valence-corrected chi connectivity index (χ3v) is 1.86. The van der Waals surface area contributed by atoms with E-state index in [2.05, 4.69) is 10.2 Å². The minimum atomic E-state index is -1.34. The van der Waals surface area contributed by atoms with Crippen molar-refractivity contribution in [3.8, 4) is 5.75 Å². The van der Waals surface area contributed by atoms with Gasteiger partial charge in [0.05, 0.1) is 12.8 Å². The lowest BCUT2D eigenvalue weighted by Crippen LogP contribution is -2.00. The van der Waals surface area contributed by atoms with Crippen LogP contribution in [-0.2, 0) is 4.79 Å². The lowest BCUT2D eigenvalue weighted by Gasteiger charge is -1.99. The molecule has 0 aromatic heterocycles. The van der Waals surface area contributed by atoms with Crippen LogP contribution in [0.25, 0.3) is 0 Å². The second kappa shape index (κ2) is 5.64. The van der Waals surface area contributed by atoms with Crippen LogP contribution >= 0.6 is 0 Å². The number of allylic oxidation sites excluding steroid dienone is 1. The third kappa shape index (κ3) is 3.60. The Morgan fingerprint density at radius 1 is 1.35 bits per heavy atom. The third-order valence-electron chi connectivity index (χ3n) is 1.86. The van der Waals surface area contributed by atoms with Gasteiger partial charge in [-0.15, -0.1) is 5.11 Å². The van der Waals surface area contributed by atoms with E-state index in [1.54, 1.807) is 24.3 Å². The van der Waals surface area contributed by atoms with Crippen molar-refractivity contribution < 1.29 is 19.7 Å². The van der Waals surface area contributed by atoms with Crippen molar-refractivity contribution in [2.75, 3.05) is 7.11 Å². The van der Waals surface area contributed by atoms with Crippen LogP contribution in [0.5, 0.6) is 5.75 Å². The van der Waals surface area contributed by atoms with Gasteiger partial charge in [0.15, 0.2) is 0 Å². The highest BCUT2D eigenvalue weighted by Gasteiger charge is 2.10. The number of carbonyl (C=O) groups is 1. The number of nitrogens with zero attached hydrogens (tertiary/aromatic N) is 2. The summed E-state index contributed by atoms with van der Waals surface area (Å²) in [6.45, 7) is 1.23. The van der Waals surface area contributed by atoms with Gasteiger partial charge in [-0.2, -0.15) is 5.11 Å². The molecular weight excluding hydrogens is 224 g/mol. The Labute approximate surface area is 97.9 Å². The molecule has 0 heterocycles. The molecule has 1 rings (SSSR count). The van der Waals surface area contributed by atoms with Crippen LogP contribution in [0.15, 0.2) is 46.0 Å². The van der Waals surface area contributed by atoms with Gasteiger partial charge in [-0.25, -0.2) is 4.79 Å². The monoisotopic (exact) mass is 236 g/mol. The number of carboxylic acids is 1. The zero-order valence-electron chi connectivity index (χ0n) is 9.41. The number of methoxy groups -OCH3 is 1. The number of hydrogen-bond acceptors (Lipinski definition) is 5. The predicted octanol–water partition coefficient (Wildman–Crippen LogP) is 2.65. The van der Waals surface area contributed by atoms with Crippen LogP contribution in [0.2, 0.25) is 0 Å². The molecule has 6 heteroatoms. The second-order valence-electron chi connectivity index (χ2n) is 3.14. The van der Waals surface area contributed by atoms with Crippen molar-refractivity contribution in [2.45, 2.75) is 6.92 Å². The smallest absolute Gasteiger partial charge is 0.359 e. The molecule has 0 unspecified atom stereocenters. The summed E-state index contributed by atoms with van der Waals surface area (Å²) >= 11 is 0. The minimum Gasteiger partial charge on any atom is -0.510 e. The highest BCUT2D eigenvalue weighted by molar-refractivity contribution is 5.86. The molecule has 1 aromatic carbocycles. The van der Waals surface area contributed by atoms with E-state index in [0.717, 1.165) is 0 Å². The van der Waals surface area contributed by atoms with E-state index in [1.165, 1.54) is 14.0 Å². The van der Waals surface area contributed by atoms with E-state index >= 15 is 0 Å². The van der Waals surface area contributed by atoms with Crippen molar-refractivity contribution in [2.24, 2.45) is 10.2 Å². The maximum Gasteiger partial charge on any atom is 0.359 e. The van der Waals surface area contributed by atoms with Crippen LogP contribution in [0.3, 0.4) is 0 Å². The number of hydrogen-bond donors (Lipinski definition) is 2. The molecule has 17 heavy (non-hydrogen) atoms. The van der Waals surface area contributed by atoms with Gasteiger partial charge in [-0.05, 0) is 19.1 Å². The Kier molecular flexibility index (Phi) is 4.21. The van der Waals surface area contributed by atoms with Crippen LogP contribution < -0.4 is 4.74 Å².